The number of hydrogen-bond acceptors (Lipinski definition) is 4. The van der Waals surface area contributed by atoms with Crippen molar-refractivity contribution >= 4 is 18.0 Å². The molecule has 0 fully saturated rings. The van der Waals surface area contributed by atoms with Crippen molar-refractivity contribution < 1.29 is 37.4 Å². The predicted octanol–water partition coefficient (Wildman–Crippen LogP) is 4.22. The lowest BCUT2D eigenvalue weighted by Gasteiger charge is -2.24. The molecule has 0 saturated heterocycles. The molecule has 3 rings (SSSR count). The molecule has 34 heavy (non-hydrogen) atoms. The van der Waals surface area contributed by atoms with Crippen LogP contribution in [0.4, 0.5) is 18.0 Å². The summed E-state index contributed by atoms with van der Waals surface area (Å²) in [6, 6.07) is 11.1. The van der Waals surface area contributed by atoms with Crippen LogP contribution in [0.2, 0.25) is 0 Å². The molecule has 0 radical (unpaired) electrons. The van der Waals surface area contributed by atoms with Crippen molar-refractivity contribution in [2.45, 2.75) is 50.4 Å². The monoisotopic (exact) mass is 478 g/mol. The standard InChI is InChI=1S/C24H25F3N2O5/c1-2-7-14(12-20(30)31)28-22(32)21(24(25,26)27)29-23(33)34-13-19-17-10-5-3-8-15(17)16-9-4-6-11-18(16)19/h3-6,8-11,14,19,21H,2,7,12-13H2,1H3,(H,28,32)(H,29,33)(H,30,31)/t14-,21?/m1/s1. The second-order valence-electron chi connectivity index (χ2n) is 8.04. The Kier molecular flexibility index (Phi) is 7.80. The first kappa shape index (κ1) is 25.1. The van der Waals surface area contributed by atoms with Crippen molar-refractivity contribution in [3.8, 4) is 11.1 Å². The molecule has 0 aliphatic heterocycles. The van der Waals surface area contributed by atoms with E-state index < -0.39 is 42.7 Å². The van der Waals surface area contributed by atoms with Gasteiger partial charge >= 0.3 is 18.2 Å². The Bertz CT molecular complexity index is 1010. The van der Waals surface area contributed by atoms with Crippen LogP contribution in [-0.2, 0) is 14.3 Å². The maximum Gasteiger partial charge on any atom is 0.417 e. The van der Waals surface area contributed by atoms with E-state index in [2.05, 4.69) is 5.32 Å². The minimum atomic E-state index is -5.10. The molecule has 2 aromatic rings. The lowest BCUT2D eigenvalue weighted by atomic mass is 9.98. The second-order valence-corrected chi connectivity index (χ2v) is 8.04. The van der Waals surface area contributed by atoms with Crippen LogP contribution in [-0.4, -0.2) is 47.9 Å². The van der Waals surface area contributed by atoms with Gasteiger partial charge in [0.15, 0.2) is 0 Å². The maximum absolute atomic E-state index is 13.5. The first-order valence-electron chi connectivity index (χ1n) is 10.8. The highest BCUT2D eigenvalue weighted by Gasteiger charge is 2.47. The zero-order chi connectivity index (χ0) is 24.9. The average molecular weight is 478 g/mol. The van der Waals surface area contributed by atoms with E-state index >= 15 is 0 Å². The van der Waals surface area contributed by atoms with Gasteiger partial charge in [0.25, 0.3) is 5.91 Å². The summed E-state index contributed by atoms with van der Waals surface area (Å²) in [6.45, 7) is 1.49. The second kappa shape index (κ2) is 10.6. The van der Waals surface area contributed by atoms with Crippen molar-refractivity contribution in [3.05, 3.63) is 59.7 Å². The number of ether oxygens (including phenoxy) is 1. The summed E-state index contributed by atoms with van der Waals surface area (Å²) in [4.78, 5) is 35.5. The molecule has 3 N–H and O–H groups in total. The van der Waals surface area contributed by atoms with Crippen LogP contribution in [0.3, 0.4) is 0 Å². The minimum Gasteiger partial charge on any atom is -0.481 e. The van der Waals surface area contributed by atoms with Gasteiger partial charge in [-0.3, -0.25) is 9.59 Å². The van der Waals surface area contributed by atoms with E-state index in [9.17, 15) is 27.6 Å². The van der Waals surface area contributed by atoms with Crippen molar-refractivity contribution in [2.75, 3.05) is 6.61 Å². The van der Waals surface area contributed by atoms with Gasteiger partial charge in [-0.25, -0.2) is 4.79 Å². The summed E-state index contributed by atoms with van der Waals surface area (Å²) in [5.74, 6) is -3.16. The van der Waals surface area contributed by atoms with Crippen molar-refractivity contribution in [2.24, 2.45) is 0 Å². The molecule has 1 aliphatic carbocycles. The van der Waals surface area contributed by atoms with E-state index in [1.54, 1.807) is 12.2 Å². The number of fused-ring (bicyclic) bond motifs is 3. The van der Waals surface area contributed by atoms with Gasteiger partial charge in [0, 0.05) is 12.0 Å². The number of carboxylic acids is 1. The third-order valence-electron chi connectivity index (χ3n) is 5.60. The fourth-order valence-corrected chi connectivity index (χ4v) is 4.12. The number of rotatable bonds is 9. The molecule has 0 bridgehead atoms. The van der Waals surface area contributed by atoms with Crippen LogP contribution in [0, 0.1) is 0 Å². The summed E-state index contributed by atoms with van der Waals surface area (Å²) in [7, 11) is 0. The maximum atomic E-state index is 13.5. The molecular formula is C24H25F3N2O5. The van der Waals surface area contributed by atoms with Crippen LogP contribution < -0.4 is 10.6 Å². The van der Waals surface area contributed by atoms with Gasteiger partial charge in [0.05, 0.1) is 6.42 Å². The summed E-state index contributed by atoms with van der Waals surface area (Å²) < 4.78 is 45.7. The predicted molar refractivity (Wildman–Crippen MR) is 117 cm³/mol. The van der Waals surface area contributed by atoms with Crippen LogP contribution >= 0.6 is 0 Å². The van der Waals surface area contributed by atoms with Gasteiger partial charge in [0.1, 0.15) is 6.61 Å². The fraction of sp³-hybridized carbons (Fsp3) is 0.375. The van der Waals surface area contributed by atoms with Gasteiger partial charge < -0.3 is 20.5 Å². The molecule has 0 saturated carbocycles. The Labute approximate surface area is 194 Å². The third kappa shape index (κ3) is 5.86. The third-order valence-corrected chi connectivity index (χ3v) is 5.60. The van der Waals surface area contributed by atoms with E-state index in [0.717, 1.165) is 22.3 Å². The SMILES string of the molecule is CCC[C@H](CC(=O)O)NC(=O)C(NC(=O)OCC1c2ccccc2-c2ccccc21)C(F)(F)F. The molecule has 10 heteroatoms. The van der Waals surface area contributed by atoms with Gasteiger partial charge in [-0.15, -0.1) is 0 Å². The number of halogens is 3. The molecule has 0 spiro atoms. The zero-order valence-corrected chi connectivity index (χ0v) is 18.4. The summed E-state index contributed by atoms with van der Waals surface area (Å²) in [5.41, 5.74) is 3.69. The van der Waals surface area contributed by atoms with E-state index in [1.807, 2.05) is 48.5 Å². The lowest BCUT2D eigenvalue weighted by molar-refractivity contribution is -0.168. The van der Waals surface area contributed by atoms with Crippen molar-refractivity contribution in [3.63, 3.8) is 0 Å². The van der Waals surface area contributed by atoms with Gasteiger partial charge in [0.2, 0.25) is 6.04 Å². The Hall–Kier alpha value is -3.56. The smallest absolute Gasteiger partial charge is 0.417 e. The van der Waals surface area contributed by atoms with E-state index in [-0.39, 0.29) is 18.9 Å². The lowest BCUT2D eigenvalue weighted by Crippen LogP contribution is -2.57. The number of alkyl carbamates (subject to hydrolysis) is 1. The highest BCUT2D eigenvalue weighted by Crippen LogP contribution is 2.44. The van der Waals surface area contributed by atoms with Crippen LogP contribution in [0.1, 0.15) is 43.2 Å². The first-order valence-corrected chi connectivity index (χ1v) is 10.8. The minimum absolute atomic E-state index is 0.174. The van der Waals surface area contributed by atoms with E-state index in [1.165, 1.54) is 0 Å². The molecule has 0 heterocycles. The molecule has 1 aliphatic rings. The van der Waals surface area contributed by atoms with Crippen LogP contribution in [0.15, 0.2) is 48.5 Å². The molecule has 182 valence electrons. The number of hydrogen-bond donors (Lipinski definition) is 3. The van der Waals surface area contributed by atoms with Crippen LogP contribution in [0.5, 0.6) is 0 Å². The van der Waals surface area contributed by atoms with Gasteiger partial charge in [-0.2, -0.15) is 13.2 Å². The Morgan fingerprint density at radius 2 is 1.56 bits per heavy atom. The molecule has 2 amide bonds. The highest BCUT2D eigenvalue weighted by molar-refractivity contribution is 5.87. The van der Waals surface area contributed by atoms with E-state index in [4.69, 9.17) is 9.84 Å². The summed E-state index contributed by atoms with van der Waals surface area (Å²) in [5, 5.41) is 12.6. The van der Waals surface area contributed by atoms with Gasteiger partial charge in [-0.1, -0.05) is 61.9 Å². The quantitative estimate of drug-likeness (QED) is 0.501. The summed E-state index contributed by atoms with van der Waals surface area (Å²) >= 11 is 0. The van der Waals surface area contributed by atoms with Gasteiger partial charge in [-0.05, 0) is 28.7 Å². The van der Waals surface area contributed by atoms with Crippen molar-refractivity contribution in [1.82, 2.24) is 10.6 Å². The normalized spacial score (nSPS) is 14.5. The van der Waals surface area contributed by atoms with Crippen LogP contribution in [0.25, 0.3) is 11.1 Å². The molecule has 7 nitrogen and oxygen atoms in total. The topological polar surface area (TPSA) is 105 Å². The molecular weight excluding hydrogens is 453 g/mol. The number of nitrogens with one attached hydrogen (secondary N) is 2. The zero-order valence-electron chi connectivity index (χ0n) is 18.4. The number of alkyl halides is 3. The van der Waals surface area contributed by atoms with Crippen molar-refractivity contribution in [1.29, 1.82) is 0 Å². The largest absolute Gasteiger partial charge is 0.481 e. The molecule has 2 atom stereocenters. The number of carbonyl (C=O) groups excluding carboxylic acids is 2. The first-order chi connectivity index (χ1) is 16.1. The average Bonchev–Trinajstić information content (AvgIpc) is 3.08. The molecule has 0 aromatic heterocycles. The Morgan fingerprint density at radius 3 is 2.06 bits per heavy atom. The molecule has 2 aromatic carbocycles. The number of amides is 2. The van der Waals surface area contributed by atoms with E-state index in [0.29, 0.717) is 6.42 Å². The highest BCUT2D eigenvalue weighted by atomic mass is 19.4. The number of benzene rings is 2. The number of carbonyl (C=O) groups is 3. The number of aliphatic carboxylic acids is 1. The number of carboxylic acid groups (broad SMARTS) is 1. The molecule has 1 unspecified atom stereocenters. The Morgan fingerprint density at radius 1 is 1.00 bits per heavy atom. The Balaban J connectivity index is 1.68. The summed E-state index contributed by atoms with van der Waals surface area (Å²) in [6.07, 6.45) is -6.41. The fourth-order valence-electron chi connectivity index (χ4n) is 4.12.